The molecule has 0 heteroatoms. The molecular weight excluding hydrogens is 144 g/mol. The van der Waals surface area contributed by atoms with Gasteiger partial charge in [-0.3, -0.25) is 0 Å². The van der Waals surface area contributed by atoms with Crippen molar-refractivity contribution < 1.29 is 0 Å². The van der Waals surface area contributed by atoms with Crippen LogP contribution >= 0.6 is 0 Å². The molecule has 0 rings (SSSR count). The van der Waals surface area contributed by atoms with Crippen LogP contribution in [0.15, 0.2) is 23.8 Å². The lowest BCUT2D eigenvalue weighted by molar-refractivity contribution is 0.505. The average Bonchev–Trinajstić information content (AvgIpc) is 1.85. The number of allylic oxidation sites excluding steroid dienone is 3. The fourth-order valence-corrected chi connectivity index (χ4v) is 1.60. The SMILES string of the molecule is C=C(CCC)/C(=C\C)C(C)(C)C. The molecule has 0 aromatic heterocycles. The number of hydrogen-bond acceptors (Lipinski definition) is 0. The highest BCUT2D eigenvalue weighted by molar-refractivity contribution is 5.32. The Morgan fingerprint density at radius 2 is 1.83 bits per heavy atom. The minimum atomic E-state index is 0.251. The van der Waals surface area contributed by atoms with E-state index in [1.807, 2.05) is 0 Å². The first-order valence-electron chi connectivity index (χ1n) is 4.78. The van der Waals surface area contributed by atoms with Gasteiger partial charge in [0, 0.05) is 0 Å². The van der Waals surface area contributed by atoms with Crippen LogP contribution in [0.2, 0.25) is 0 Å². The lowest BCUT2D eigenvalue weighted by Gasteiger charge is -2.24. The van der Waals surface area contributed by atoms with Crippen molar-refractivity contribution in [3.63, 3.8) is 0 Å². The van der Waals surface area contributed by atoms with E-state index < -0.39 is 0 Å². The molecule has 0 saturated carbocycles. The Morgan fingerprint density at radius 3 is 2.08 bits per heavy atom. The molecule has 0 radical (unpaired) electrons. The molecule has 0 aromatic rings. The molecule has 0 N–H and O–H groups in total. The second-order valence-electron chi connectivity index (χ2n) is 4.31. The Labute approximate surface area is 77.4 Å². The molecule has 0 aliphatic carbocycles. The van der Waals surface area contributed by atoms with Crippen LogP contribution in [0.4, 0.5) is 0 Å². The van der Waals surface area contributed by atoms with Gasteiger partial charge in [0.2, 0.25) is 0 Å². The number of hydrogen-bond donors (Lipinski definition) is 0. The van der Waals surface area contributed by atoms with E-state index in [9.17, 15) is 0 Å². The van der Waals surface area contributed by atoms with E-state index in [0.717, 1.165) is 6.42 Å². The van der Waals surface area contributed by atoms with Crippen LogP contribution in [-0.2, 0) is 0 Å². The maximum absolute atomic E-state index is 4.11. The minimum Gasteiger partial charge on any atom is -0.0955 e. The van der Waals surface area contributed by atoms with E-state index in [4.69, 9.17) is 0 Å². The largest absolute Gasteiger partial charge is 0.0955 e. The summed E-state index contributed by atoms with van der Waals surface area (Å²) >= 11 is 0. The van der Waals surface area contributed by atoms with Gasteiger partial charge in [0.15, 0.2) is 0 Å². The lowest BCUT2D eigenvalue weighted by Crippen LogP contribution is -2.10. The summed E-state index contributed by atoms with van der Waals surface area (Å²) in [5, 5.41) is 0. The predicted octanol–water partition coefficient (Wildman–Crippen LogP) is 4.34. The Hall–Kier alpha value is -0.520. The van der Waals surface area contributed by atoms with Crippen molar-refractivity contribution >= 4 is 0 Å². The topological polar surface area (TPSA) is 0 Å². The van der Waals surface area contributed by atoms with E-state index in [0.29, 0.717) is 0 Å². The summed E-state index contributed by atoms with van der Waals surface area (Å²) in [6, 6.07) is 0. The molecule has 0 fully saturated rings. The van der Waals surface area contributed by atoms with Gasteiger partial charge in [0.05, 0.1) is 0 Å². The Balaban J connectivity index is 4.49. The standard InChI is InChI=1S/C12H22/c1-7-9-10(3)11(8-2)12(4,5)6/h8H,3,7,9H2,1-2,4-6H3/b11-8+. The molecule has 0 heterocycles. The summed E-state index contributed by atoms with van der Waals surface area (Å²) in [6.07, 6.45) is 4.50. The zero-order chi connectivity index (χ0) is 9.78. The van der Waals surface area contributed by atoms with Crippen molar-refractivity contribution in [2.24, 2.45) is 5.41 Å². The molecule has 0 bridgehead atoms. The van der Waals surface area contributed by atoms with E-state index in [-0.39, 0.29) is 5.41 Å². The maximum atomic E-state index is 4.11. The lowest BCUT2D eigenvalue weighted by atomic mass is 9.81. The summed E-state index contributed by atoms with van der Waals surface area (Å²) in [7, 11) is 0. The van der Waals surface area contributed by atoms with Gasteiger partial charge in [-0.1, -0.05) is 52.3 Å². The van der Waals surface area contributed by atoms with Crippen LogP contribution < -0.4 is 0 Å². The molecule has 0 amide bonds. The fourth-order valence-electron chi connectivity index (χ4n) is 1.60. The average molecular weight is 166 g/mol. The van der Waals surface area contributed by atoms with Gasteiger partial charge in [-0.2, -0.15) is 0 Å². The van der Waals surface area contributed by atoms with Crippen molar-refractivity contribution in [1.82, 2.24) is 0 Å². The van der Waals surface area contributed by atoms with Gasteiger partial charge in [-0.05, 0) is 24.3 Å². The minimum absolute atomic E-state index is 0.251. The second-order valence-corrected chi connectivity index (χ2v) is 4.31. The Morgan fingerprint density at radius 1 is 1.33 bits per heavy atom. The summed E-state index contributed by atoms with van der Waals surface area (Å²) in [5.41, 5.74) is 2.96. The first-order valence-corrected chi connectivity index (χ1v) is 4.78. The summed E-state index contributed by atoms with van der Waals surface area (Å²) in [5.74, 6) is 0. The molecule has 12 heavy (non-hydrogen) atoms. The molecule has 0 unspecified atom stereocenters. The molecule has 0 aromatic carbocycles. The van der Waals surface area contributed by atoms with Crippen LogP contribution in [-0.4, -0.2) is 0 Å². The van der Waals surface area contributed by atoms with Gasteiger partial charge < -0.3 is 0 Å². The third-order valence-corrected chi connectivity index (χ3v) is 2.03. The van der Waals surface area contributed by atoms with E-state index in [2.05, 4.69) is 47.3 Å². The van der Waals surface area contributed by atoms with Crippen LogP contribution in [0, 0.1) is 5.41 Å². The first kappa shape index (κ1) is 11.5. The Bertz CT molecular complexity index is 177. The normalized spacial score (nSPS) is 13.2. The summed E-state index contributed by atoms with van der Waals surface area (Å²) in [6.45, 7) is 15.1. The van der Waals surface area contributed by atoms with Crippen molar-refractivity contribution in [1.29, 1.82) is 0 Å². The zero-order valence-corrected chi connectivity index (χ0v) is 9.20. The predicted molar refractivity (Wildman–Crippen MR) is 57.3 cm³/mol. The van der Waals surface area contributed by atoms with Crippen LogP contribution in [0.5, 0.6) is 0 Å². The number of rotatable bonds is 3. The molecule has 0 aliphatic heterocycles. The van der Waals surface area contributed by atoms with E-state index in [1.54, 1.807) is 0 Å². The molecular formula is C12H22. The fraction of sp³-hybridized carbons (Fsp3) is 0.667. The molecule has 70 valence electrons. The van der Waals surface area contributed by atoms with Gasteiger partial charge in [0.1, 0.15) is 0 Å². The monoisotopic (exact) mass is 166 g/mol. The quantitative estimate of drug-likeness (QED) is 0.547. The van der Waals surface area contributed by atoms with Crippen LogP contribution in [0.3, 0.4) is 0 Å². The van der Waals surface area contributed by atoms with Crippen molar-refractivity contribution in [3.05, 3.63) is 23.8 Å². The van der Waals surface area contributed by atoms with Crippen LogP contribution in [0.1, 0.15) is 47.5 Å². The highest BCUT2D eigenvalue weighted by Gasteiger charge is 2.17. The van der Waals surface area contributed by atoms with Crippen molar-refractivity contribution in [2.45, 2.75) is 47.5 Å². The van der Waals surface area contributed by atoms with Crippen molar-refractivity contribution in [3.8, 4) is 0 Å². The molecule has 0 spiro atoms. The van der Waals surface area contributed by atoms with Crippen LogP contribution in [0.25, 0.3) is 0 Å². The van der Waals surface area contributed by atoms with Gasteiger partial charge in [-0.25, -0.2) is 0 Å². The van der Waals surface area contributed by atoms with Gasteiger partial charge in [-0.15, -0.1) is 0 Å². The third kappa shape index (κ3) is 3.25. The molecule has 0 atom stereocenters. The Kier molecular flexibility index (Phi) is 4.30. The molecule has 0 nitrogen and oxygen atoms in total. The molecule has 0 saturated heterocycles. The summed E-state index contributed by atoms with van der Waals surface area (Å²) < 4.78 is 0. The van der Waals surface area contributed by atoms with Crippen molar-refractivity contribution in [2.75, 3.05) is 0 Å². The smallest absolute Gasteiger partial charge is 0.0133 e. The maximum Gasteiger partial charge on any atom is -0.0133 e. The van der Waals surface area contributed by atoms with Gasteiger partial charge >= 0.3 is 0 Å². The first-order chi connectivity index (χ1) is 5.43. The molecule has 0 aliphatic rings. The van der Waals surface area contributed by atoms with Gasteiger partial charge in [0.25, 0.3) is 0 Å². The van der Waals surface area contributed by atoms with E-state index >= 15 is 0 Å². The third-order valence-electron chi connectivity index (χ3n) is 2.03. The zero-order valence-electron chi connectivity index (χ0n) is 9.20. The highest BCUT2D eigenvalue weighted by Crippen LogP contribution is 2.32. The van der Waals surface area contributed by atoms with E-state index in [1.165, 1.54) is 17.6 Å². The summed E-state index contributed by atoms with van der Waals surface area (Å²) in [4.78, 5) is 0. The second kappa shape index (κ2) is 4.49. The highest BCUT2D eigenvalue weighted by atomic mass is 14.2.